The van der Waals surface area contributed by atoms with E-state index in [0.717, 1.165) is 18.1 Å². The third kappa shape index (κ3) is 3.26. The number of anilines is 1. The SMILES string of the molecule is Fc1cc(F)c(NCCc2ccncc2)c(Br)c1. The van der Waals surface area contributed by atoms with Crippen molar-refractivity contribution in [3.8, 4) is 0 Å². The van der Waals surface area contributed by atoms with Crippen LogP contribution in [0, 0.1) is 11.6 Å². The maximum Gasteiger partial charge on any atom is 0.150 e. The van der Waals surface area contributed by atoms with E-state index in [9.17, 15) is 8.78 Å². The molecule has 0 radical (unpaired) electrons. The zero-order chi connectivity index (χ0) is 13.0. The summed E-state index contributed by atoms with van der Waals surface area (Å²) in [7, 11) is 0. The Hall–Kier alpha value is -1.49. The van der Waals surface area contributed by atoms with Crippen molar-refractivity contribution in [1.29, 1.82) is 0 Å². The molecule has 1 heterocycles. The van der Waals surface area contributed by atoms with Crippen LogP contribution in [0.1, 0.15) is 5.56 Å². The van der Waals surface area contributed by atoms with Gasteiger partial charge in [-0.15, -0.1) is 0 Å². The van der Waals surface area contributed by atoms with Gasteiger partial charge in [0.2, 0.25) is 0 Å². The average molecular weight is 313 g/mol. The lowest BCUT2D eigenvalue weighted by Crippen LogP contribution is -2.07. The predicted molar refractivity (Wildman–Crippen MR) is 70.5 cm³/mol. The highest BCUT2D eigenvalue weighted by Gasteiger charge is 2.08. The van der Waals surface area contributed by atoms with E-state index in [1.165, 1.54) is 6.07 Å². The van der Waals surface area contributed by atoms with Crippen LogP contribution in [-0.2, 0) is 6.42 Å². The third-order valence-electron chi connectivity index (χ3n) is 2.47. The molecular formula is C13H11BrF2N2. The van der Waals surface area contributed by atoms with Crippen LogP contribution in [0.4, 0.5) is 14.5 Å². The topological polar surface area (TPSA) is 24.9 Å². The molecule has 0 saturated carbocycles. The number of hydrogen-bond donors (Lipinski definition) is 1. The van der Waals surface area contributed by atoms with Crippen LogP contribution in [0.15, 0.2) is 41.1 Å². The van der Waals surface area contributed by atoms with Gasteiger partial charge < -0.3 is 5.32 Å². The Morgan fingerprint density at radius 1 is 1.17 bits per heavy atom. The summed E-state index contributed by atoms with van der Waals surface area (Å²) in [5, 5.41) is 2.95. The van der Waals surface area contributed by atoms with E-state index in [0.29, 0.717) is 11.0 Å². The van der Waals surface area contributed by atoms with Gasteiger partial charge in [-0.05, 0) is 46.1 Å². The maximum atomic E-state index is 13.5. The first kappa shape index (κ1) is 13.0. The Labute approximate surface area is 112 Å². The van der Waals surface area contributed by atoms with Gasteiger partial charge in [-0.1, -0.05) is 0 Å². The van der Waals surface area contributed by atoms with Gasteiger partial charge in [-0.3, -0.25) is 4.98 Å². The Bertz CT molecular complexity index is 509. The fourth-order valence-electron chi connectivity index (χ4n) is 1.59. The third-order valence-corrected chi connectivity index (χ3v) is 3.10. The molecule has 1 aromatic heterocycles. The molecule has 1 aromatic carbocycles. The molecule has 0 saturated heterocycles. The largest absolute Gasteiger partial charge is 0.381 e. The second-order valence-corrected chi connectivity index (χ2v) is 4.63. The normalized spacial score (nSPS) is 10.4. The van der Waals surface area contributed by atoms with Crippen molar-refractivity contribution in [2.75, 3.05) is 11.9 Å². The van der Waals surface area contributed by atoms with Crippen LogP contribution < -0.4 is 5.32 Å². The summed E-state index contributed by atoms with van der Waals surface area (Å²) in [5.41, 5.74) is 1.39. The Balaban J connectivity index is 1.99. The minimum Gasteiger partial charge on any atom is -0.381 e. The van der Waals surface area contributed by atoms with Crippen LogP contribution in [-0.4, -0.2) is 11.5 Å². The molecule has 18 heavy (non-hydrogen) atoms. The van der Waals surface area contributed by atoms with Crippen molar-refractivity contribution in [1.82, 2.24) is 4.98 Å². The number of nitrogens with one attached hydrogen (secondary N) is 1. The van der Waals surface area contributed by atoms with E-state index in [-0.39, 0.29) is 5.69 Å². The van der Waals surface area contributed by atoms with Gasteiger partial charge in [0.15, 0.2) is 0 Å². The molecule has 94 valence electrons. The summed E-state index contributed by atoms with van der Waals surface area (Å²) in [6.45, 7) is 0.561. The summed E-state index contributed by atoms with van der Waals surface area (Å²) in [5.74, 6) is -1.20. The first-order chi connectivity index (χ1) is 8.66. The number of rotatable bonds is 4. The highest BCUT2D eigenvalue weighted by Crippen LogP contribution is 2.26. The Morgan fingerprint density at radius 2 is 1.89 bits per heavy atom. The molecule has 2 rings (SSSR count). The second-order valence-electron chi connectivity index (χ2n) is 3.78. The van der Waals surface area contributed by atoms with E-state index in [2.05, 4.69) is 26.2 Å². The lowest BCUT2D eigenvalue weighted by Gasteiger charge is -2.09. The zero-order valence-electron chi connectivity index (χ0n) is 9.46. The maximum absolute atomic E-state index is 13.5. The standard InChI is InChI=1S/C13H11BrF2N2/c14-11-7-10(15)8-12(16)13(11)18-6-3-9-1-4-17-5-2-9/h1-2,4-5,7-8,18H,3,6H2. The van der Waals surface area contributed by atoms with Gasteiger partial charge >= 0.3 is 0 Å². The number of benzene rings is 1. The number of nitrogens with zero attached hydrogens (tertiary/aromatic N) is 1. The van der Waals surface area contributed by atoms with E-state index in [1.54, 1.807) is 12.4 Å². The Morgan fingerprint density at radius 3 is 2.56 bits per heavy atom. The number of halogens is 3. The molecule has 0 aliphatic heterocycles. The quantitative estimate of drug-likeness (QED) is 0.929. The van der Waals surface area contributed by atoms with Crippen molar-refractivity contribution in [3.63, 3.8) is 0 Å². The van der Waals surface area contributed by atoms with Crippen LogP contribution in [0.5, 0.6) is 0 Å². The van der Waals surface area contributed by atoms with Crippen molar-refractivity contribution in [2.45, 2.75) is 6.42 Å². The van der Waals surface area contributed by atoms with E-state index < -0.39 is 11.6 Å². The highest BCUT2D eigenvalue weighted by molar-refractivity contribution is 9.10. The molecule has 0 aliphatic rings. The van der Waals surface area contributed by atoms with Crippen LogP contribution in [0.25, 0.3) is 0 Å². The van der Waals surface area contributed by atoms with Gasteiger partial charge in [0, 0.05) is 29.5 Å². The van der Waals surface area contributed by atoms with Crippen molar-refractivity contribution in [2.24, 2.45) is 0 Å². The number of aromatic nitrogens is 1. The zero-order valence-corrected chi connectivity index (χ0v) is 11.0. The van der Waals surface area contributed by atoms with Crippen molar-refractivity contribution < 1.29 is 8.78 Å². The number of hydrogen-bond acceptors (Lipinski definition) is 2. The molecule has 2 nitrogen and oxygen atoms in total. The minimum absolute atomic E-state index is 0.283. The summed E-state index contributed by atoms with van der Waals surface area (Å²) in [4.78, 5) is 3.92. The number of pyridine rings is 1. The van der Waals surface area contributed by atoms with Crippen molar-refractivity contribution in [3.05, 3.63) is 58.3 Å². The fourth-order valence-corrected chi connectivity index (χ4v) is 2.14. The molecule has 0 bridgehead atoms. The molecule has 2 aromatic rings. The molecule has 0 spiro atoms. The van der Waals surface area contributed by atoms with E-state index >= 15 is 0 Å². The van der Waals surface area contributed by atoms with Crippen molar-refractivity contribution >= 4 is 21.6 Å². The monoisotopic (exact) mass is 312 g/mol. The summed E-state index contributed by atoms with van der Waals surface area (Å²) < 4.78 is 26.8. The summed E-state index contributed by atoms with van der Waals surface area (Å²) in [6, 6.07) is 5.90. The lowest BCUT2D eigenvalue weighted by atomic mass is 10.2. The van der Waals surface area contributed by atoms with Gasteiger partial charge in [-0.2, -0.15) is 0 Å². The van der Waals surface area contributed by atoms with Gasteiger partial charge in [0.05, 0.1) is 5.69 Å². The molecule has 0 fully saturated rings. The summed E-state index contributed by atoms with van der Waals surface area (Å²) >= 11 is 3.13. The molecule has 0 unspecified atom stereocenters. The average Bonchev–Trinajstić information content (AvgIpc) is 2.34. The molecule has 5 heteroatoms. The van der Waals surface area contributed by atoms with Crippen LogP contribution >= 0.6 is 15.9 Å². The first-order valence-corrected chi connectivity index (χ1v) is 6.23. The van der Waals surface area contributed by atoms with E-state index in [1.807, 2.05) is 12.1 Å². The van der Waals surface area contributed by atoms with Crippen LogP contribution in [0.2, 0.25) is 0 Å². The van der Waals surface area contributed by atoms with Crippen LogP contribution in [0.3, 0.4) is 0 Å². The predicted octanol–water partition coefficient (Wildman–Crippen LogP) is 3.78. The molecule has 1 N–H and O–H groups in total. The first-order valence-electron chi connectivity index (χ1n) is 5.44. The fraction of sp³-hybridized carbons (Fsp3) is 0.154. The lowest BCUT2D eigenvalue weighted by molar-refractivity contribution is 0.583. The molecule has 0 aliphatic carbocycles. The molecule has 0 amide bonds. The molecule has 0 atom stereocenters. The summed E-state index contributed by atoms with van der Waals surface area (Å²) in [6.07, 6.45) is 4.17. The minimum atomic E-state index is -0.600. The van der Waals surface area contributed by atoms with Gasteiger partial charge in [0.25, 0.3) is 0 Å². The van der Waals surface area contributed by atoms with Gasteiger partial charge in [-0.25, -0.2) is 8.78 Å². The smallest absolute Gasteiger partial charge is 0.150 e. The second kappa shape index (κ2) is 5.91. The molecular weight excluding hydrogens is 302 g/mol. The van der Waals surface area contributed by atoms with E-state index in [4.69, 9.17) is 0 Å². The Kier molecular flexibility index (Phi) is 4.25. The van der Waals surface area contributed by atoms with Gasteiger partial charge in [0.1, 0.15) is 11.6 Å². The highest BCUT2D eigenvalue weighted by atomic mass is 79.9.